The van der Waals surface area contributed by atoms with Gasteiger partial charge in [-0.15, -0.1) is 0 Å². The minimum atomic E-state index is -0.103. The van der Waals surface area contributed by atoms with Gasteiger partial charge in [0.2, 0.25) is 5.91 Å². The molecule has 7 heteroatoms. The summed E-state index contributed by atoms with van der Waals surface area (Å²) in [6.07, 6.45) is 2.72. The van der Waals surface area contributed by atoms with E-state index in [4.69, 9.17) is 0 Å². The summed E-state index contributed by atoms with van der Waals surface area (Å²) < 4.78 is 0. The van der Waals surface area contributed by atoms with E-state index in [0.29, 0.717) is 18.8 Å². The monoisotopic (exact) mass is 417 g/mol. The Morgan fingerprint density at radius 2 is 1.73 bits per heavy atom. The lowest BCUT2D eigenvalue weighted by Crippen LogP contribution is -2.47. The lowest BCUT2D eigenvalue weighted by Gasteiger charge is -2.34. The van der Waals surface area contributed by atoms with Crippen molar-refractivity contribution >= 4 is 11.8 Å². The Morgan fingerprint density at radius 1 is 1.03 bits per heavy atom. The molecule has 30 heavy (non-hydrogen) atoms. The topological polar surface area (TPSA) is 71.7 Å². The molecule has 3 heterocycles. The van der Waals surface area contributed by atoms with Crippen molar-refractivity contribution in [3.63, 3.8) is 0 Å². The molecule has 1 atom stereocenters. The molecule has 168 valence electrons. The van der Waals surface area contributed by atoms with E-state index < -0.39 is 0 Å². The van der Waals surface area contributed by atoms with Crippen LogP contribution in [0.25, 0.3) is 0 Å². The zero-order valence-corrected chi connectivity index (χ0v) is 19.2. The number of hydrogen-bond donors (Lipinski definition) is 2. The van der Waals surface area contributed by atoms with Gasteiger partial charge in [0.15, 0.2) is 0 Å². The number of carbonyl (C=O) groups excluding carboxylic acids is 2. The standard InChI is InChI=1S/C23H39N5O2/c1-5-26-12-14-27(15-13-26)10-7-9-24-22(29)20-8-6-11-28(16-20)23(30)21-18(3)17(2)19(4)25-21/h20,25H,5-16H2,1-4H3,(H,24,29)/t20-/m1/s1. The van der Waals surface area contributed by atoms with Gasteiger partial charge >= 0.3 is 0 Å². The molecule has 0 spiro atoms. The molecule has 0 aromatic carbocycles. The number of nitrogens with one attached hydrogen (secondary N) is 2. The Bertz CT molecular complexity index is 736. The second kappa shape index (κ2) is 10.4. The van der Waals surface area contributed by atoms with Gasteiger partial charge in [0.25, 0.3) is 5.91 Å². The zero-order valence-electron chi connectivity index (χ0n) is 19.2. The molecule has 0 unspecified atom stereocenters. The van der Waals surface area contributed by atoms with Crippen molar-refractivity contribution in [1.29, 1.82) is 0 Å². The fourth-order valence-electron chi connectivity index (χ4n) is 4.58. The molecule has 0 radical (unpaired) electrons. The van der Waals surface area contributed by atoms with Crippen LogP contribution in [0.4, 0.5) is 0 Å². The van der Waals surface area contributed by atoms with Crippen LogP contribution in [0.15, 0.2) is 0 Å². The molecule has 2 amide bonds. The van der Waals surface area contributed by atoms with Crippen molar-refractivity contribution in [3.05, 3.63) is 22.5 Å². The second-order valence-electron chi connectivity index (χ2n) is 8.89. The van der Waals surface area contributed by atoms with Gasteiger partial charge in [0.1, 0.15) is 5.69 Å². The van der Waals surface area contributed by atoms with Crippen LogP contribution in [-0.4, -0.2) is 90.4 Å². The number of H-pyrrole nitrogens is 1. The summed E-state index contributed by atoms with van der Waals surface area (Å²) in [5.41, 5.74) is 3.87. The van der Waals surface area contributed by atoms with Crippen LogP contribution in [0.3, 0.4) is 0 Å². The Hall–Kier alpha value is -1.86. The highest BCUT2D eigenvalue weighted by atomic mass is 16.2. The summed E-state index contributed by atoms with van der Waals surface area (Å²) in [6, 6.07) is 0. The Morgan fingerprint density at radius 3 is 2.37 bits per heavy atom. The van der Waals surface area contributed by atoms with Crippen LogP contribution < -0.4 is 5.32 Å². The van der Waals surface area contributed by atoms with Gasteiger partial charge in [-0.2, -0.15) is 0 Å². The summed E-state index contributed by atoms with van der Waals surface area (Å²) in [7, 11) is 0. The van der Waals surface area contributed by atoms with Gasteiger partial charge in [0, 0.05) is 51.5 Å². The minimum absolute atomic E-state index is 0.0208. The van der Waals surface area contributed by atoms with Gasteiger partial charge in [0.05, 0.1) is 5.92 Å². The summed E-state index contributed by atoms with van der Waals surface area (Å²) >= 11 is 0. The highest BCUT2D eigenvalue weighted by molar-refractivity contribution is 5.95. The maximum atomic E-state index is 13.0. The van der Waals surface area contributed by atoms with E-state index in [9.17, 15) is 9.59 Å². The average molecular weight is 418 g/mol. The molecule has 1 aromatic rings. The van der Waals surface area contributed by atoms with E-state index in [0.717, 1.165) is 81.9 Å². The first-order valence-corrected chi connectivity index (χ1v) is 11.6. The molecule has 2 aliphatic heterocycles. The van der Waals surface area contributed by atoms with Gasteiger partial charge < -0.3 is 25.0 Å². The predicted molar refractivity (Wildman–Crippen MR) is 120 cm³/mol. The number of aryl methyl sites for hydroxylation is 1. The van der Waals surface area contributed by atoms with E-state index in [-0.39, 0.29) is 17.7 Å². The maximum absolute atomic E-state index is 13.0. The molecule has 2 fully saturated rings. The van der Waals surface area contributed by atoms with Crippen LogP contribution in [0.2, 0.25) is 0 Å². The normalized spacial score (nSPS) is 21.1. The highest BCUT2D eigenvalue weighted by Gasteiger charge is 2.30. The van der Waals surface area contributed by atoms with Crippen molar-refractivity contribution in [2.75, 3.05) is 58.9 Å². The van der Waals surface area contributed by atoms with Crippen LogP contribution in [-0.2, 0) is 4.79 Å². The summed E-state index contributed by atoms with van der Waals surface area (Å²) in [5.74, 6) is 0.0135. The number of aromatic nitrogens is 1. The third-order valence-electron chi connectivity index (χ3n) is 6.97. The first kappa shape index (κ1) is 22.8. The molecule has 7 nitrogen and oxygen atoms in total. The number of piperidine rings is 1. The quantitative estimate of drug-likeness (QED) is 0.665. The smallest absolute Gasteiger partial charge is 0.270 e. The van der Waals surface area contributed by atoms with Crippen molar-refractivity contribution in [3.8, 4) is 0 Å². The van der Waals surface area contributed by atoms with E-state index in [2.05, 4.69) is 27.0 Å². The molecule has 0 aliphatic carbocycles. The van der Waals surface area contributed by atoms with Crippen LogP contribution in [0, 0.1) is 26.7 Å². The second-order valence-corrected chi connectivity index (χ2v) is 8.89. The van der Waals surface area contributed by atoms with Crippen molar-refractivity contribution in [1.82, 2.24) is 25.0 Å². The first-order valence-electron chi connectivity index (χ1n) is 11.6. The Kier molecular flexibility index (Phi) is 7.94. The number of likely N-dealkylation sites (tertiary alicyclic amines) is 1. The van der Waals surface area contributed by atoms with E-state index >= 15 is 0 Å². The van der Waals surface area contributed by atoms with E-state index in [1.54, 1.807) is 0 Å². The number of nitrogens with zero attached hydrogens (tertiary/aromatic N) is 3. The summed E-state index contributed by atoms with van der Waals surface area (Å²) in [4.78, 5) is 35.7. The molecule has 2 aliphatic rings. The molecule has 2 N–H and O–H groups in total. The fourth-order valence-corrected chi connectivity index (χ4v) is 4.58. The fraction of sp³-hybridized carbons (Fsp3) is 0.739. The van der Waals surface area contributed by atoms with Crippen molar-refractivity contribution in [2.24, 2.45) is 5.92 Å². The van der Waals surface area contributed by atoms with Gasteiger partial charge in [-0.3, -0.25) is 9.59 Å². The number of rotatable bonds is 7. The molecule has 1 aromatic heterocycles. The minimum Gasteiger partial charge on any atom is -0.356 e. The van der Waals surface area contributed by atoms with E-state index in [1.165, 1.54) is 0 Å². The molecule has 0 bridgehead atoms. The Labute approximate surface area is 181 Å². The number of aromatic amines is 1. The van der Waals surface area contributed by atoms with Crippen molar-refractivity contribution in [2.45, 2.75) is 47.0 Å². The number of amides is 2. The van der Waals surface area contributed by atoms with Gasteiger partial charge in [-0.25, -0.2) is 0 Å². The number of carbonyl (C=O) groups is 2. The molecule has 2 saturated heterocycles. The predicted octanol–water partition coefficient (Wildman–Crippen LogP) is 1.94. The van der Waals surface area contributed by atoms with Gasteiger partial charge in [-0.1, -0.05) is 6.92 Å². The average Bonchev–Trinajstić information content (AvgIpc) is 3.03. The lowest BCUT2D eigenvalue weighted by atomic mass is 9.96. The lowest BCUT2D eigenvalue weighted by molar-refractivity contribution is -0.126. The zero-order chi connectivity index (χ0) is 21.7. The highest BCUT2D eigenvalue weighted by Crippen LogP contribution is 2.22. The number of likely N-dealkylation sites (N-methyl/N-ethyl adjacent to an activating group) is 1. The third kappa shape index (κ3) is 5.43. The van der Waals surface area contributed by atoms with Crippen LogP contribution in [0.1, 0.15) is 53.5 Å². The molecule has 0 saturated carbocycles. The Balaban J connectivity index is 1.42. The molecular weight excluding hydrogens is 378 g/mol. The summed E-state index contributed by atoms with van der Waals surface area (Å²) in [6.45, 7) is 16.9. The van der Waals surface area contributed by atoms with Crippen molar-refractivity contribution < 1.29 is 9.59 Å². The summed E-state index contributed by atoms with van der Waals surface area (Å²) in [5, 5.41) is 3.11. The van der Waals surface area contributed by atoms with Gasteiger partial charge in [-0.05, 0) is 64.3 Å². The first-order chi connectivity index (χ1) is 14.4. The van der Waals surface area contributed by atoms with Crippen LogP contribution >= 0.6 is 0 Å². The number of hydrogen-bond acceptors (Lipinski definition) is 4. The number of piperazine rings is 1. The molecular formula is C23H39N5O2. The van der Waals surface area contributed by atoms with E-state index in [1.807, 2.05) is 25.7 Å². The largest absolute Gasteiger partial charge is 0.356 e. The third-order valence-corrected chi connectivity index (χ3v) is 6.97. The van der Waals surface area contributed by atoms with Crippen LogP contribution in [0.5, 0.6) is 0 Å². The molecule has 3 rings (SSSR count). The maximum Gasteiger partial charge on any atom is 0.270 e. The SMILES string of the molecule is CCN1CCN(CCCNC(=O)[C@@H]2CCCN(C(=O)c3[nH]c(C)c(C)c3C)C2)CC1.